The predicted molar refractivity (Wildman–Crippen MR) is 72.6 cm³/mol. The van der Waals surface area contributed by atoms with Gasteiger partial charge in [-0.3, -0.25) is 9.59 Å². The summed E-state index contributed by atoms with van der Waals surface area (Å²) in [5, 5.41) is 0. The van der Waals surface area contributed by atoms with Crippen molar-refractivity contribution in [3.05, 3.63) is 48.6 Å². The van der Waals surface area contributed by atoms with Crippen molar-refractivity contribution >= 4 is 11.9 Å². The number of carbonyl (C=O) groups is 2. The van der Waals surface area contributed by atoms with Gasteiger partial charge in [0.2, 0.25) is 5.91 Å². The van der Waals surface area contributed by atoms with E-state index in [1.54, 1.807) is 4.90 Å². The minimum absolute atomic E-state index is 0.0133. The molecule has 0 bridgehead atoms. The number of nitrogens with zero attached hydrogens (tertiary/aromatic N) is 1. The molecule has 20 heavy (non-hydrogen) atoms. The first-order valence-electron chi connectivity index (χ1n) is 6.35. The smallest absolute Gasteiger partial charge is 0.310 e. The molecule has 1 aliphatic rings. The van der Waals surface area contributed by atoms with Crippen LogP contribution in [0.1, 0.15) is 18.0 Å². The number of hydrogen-bond donors (Lipinski definition) is 0. The maximum atomic E-state index is 12.1. The molecule has 0 radical (unpaired) electrons. The lowest BCUT2D eigenvalue weighted by atomic mass is 10.1. The molecular formula is C15H17NO4. The molecule has 5 heteroatoms. The quantitative estimate of drug-likeness (QED) is 0.619. The van der Waals surface area contributed by atoms with Crippen molar-refractivity contribution in [1.29, 1.82) is 0 Å². The molecule has 1 aromatic carbocycles. The number of carbonyl (C=O) groups excluding carboxylic acids is 2. The van der Waals surface area contributed by atoms with Crippen LogP contribution in [-0.4, -0.2) is 36.7 Å². The van der Waals surface area contributed by atoms with Crippen LogP contribution in [0, 0.1) is 0 Å². The number of hydrogen-bond acceptors (Lipinski definition) is 4. The van der Waals surface area contributed by atoms with E-state index in [4.69, 9.17) is 4.74 Å². The molecule has 0 N–H and O–H groups in total. The molecule has 1 heterocycles. The Hall–Kier alpha value is -2.14. The molecule has 0 aromatic heterocycles. The van der Waals surface area contributed by atoms with Gasteiger partial charge in [0, 0.05) is 0 Å². The number of methoxy groups -OCH3 is 1. The van der Waals surface area contributed by atoms with Crippen molar-refractivity contribution in [1.82, 2.24) is 4.90 Å². The number of esters is 1. The molecule has 0 aliphatic carbocycles. The van der Waals surface area contributed by atoms with Crippen LogP contribution >= 0.6 is 0 Å². The molecule has 1 aromatic rings. The Balaban J connectivity index is 2.23. The molecule has 1 saturated heterocycles. The van der Waals surface area contributed by atoms with Gasteiger partial charge in [0.15, 0.2) is 0 Å². The summed E-state index contributed by atoms with van der Waals surface area (Å²) < 4.78 is 10.2. The highest BCUT2D eigenvalue weighted by Gasteiger charge is 2.38. The van der Waals surface area contributed by atoms with E-state index in [2.05, 4.69) is 11.3 Å². The van der Waals surface area contributed by atoms with E-state index in [1.807, 2.05) is 30.3 Å². The molecule has 0 saturated carbocycles. The summed E-state index contributed by atoms with van der Waals surface area (Å²) in [5.74, 6) is -0.671. The summed E-state index contributed by atoms with van der Waals surface area (Å²) in [6.45, 7) is 3.86. The zero-order valence-electron chi connectivity index (χ0n) is 11.3. The fraction of sp³-hybridized carbons (Fsp3) is 0.333. The Labute approximate surface area is 117 Å². The van der Waals surface area contributed by atoms with Gasteiger partial charge in [0.1, 0.15) is 6.23 Å². The average Bonchev–Trinajstić information content (AvgIpc) is 2.90. The van der Waals surface area contributed by atoms with E-state index >= 15 is 0 Å². The minimum Gasteiger partial charge on any atom is -0.469 e. The highest BCUT2D eigenvalue weighted by atomic mass is 16.5. The lowest BCUT2D eigenvalue weighted by Gasteiger charge is -2.26. The average molecular weight is 275 g/mol. The third kappa shape index (κ3) is 2.88. The zero-order chi connectivity index (χ0) is 14.5. The molecule has 5 nitrogen and oxygen atoms in total. The SMILES string of the molecule is C=CC(=O)N1C(CC(=O)OC)OC[C@@H]1c1ccccc1. The molecule has 1 aliphatic heterocycles. The van der Waals surface area contributed by atoms with Gasteiger partial charge in [-0.2, -0.15) is 0 Å². The third-order valence-electron chi connectivity index (χ3n) is 3.27. The highest BCUT2D eigenvalue weighted by Crippen LogP contribution is 2.32. The van der Waals surface area contributed by atoms with E-state index in [-0.39, 0.29) is 18.4 Å². The highest BCUT2D eigenvalue weighted by molar-refractivity contribution is 5.88. The maximum Gasteiger partial charge on any atom is 0.310 e. The lowest BCUT2D eigenvalue weighted by molar-refractivity contribution is -0.147. The molecule has 1 amide bonds. The van der Waals surface area contributed by atoms with Crippen molar-refractivity contribution in [3.63, 3.8) is 0 Å². The van der Waals surface area contributed by atoms with E-state index in [9.17, 15) is 9.59 Å². The van der Waals surface area contributed by atoms with Gasteiger partial charge in [-0.05, 0) is 11.6 Å². The van der Waals surface area contributed by atoms with Crippen LogP contribution in [0.3, 0.4) is 0 Å². The van der Waals surface area contributed by atoms with E-state index in [0.29, 0.717) is 6.61 Å². The molecule has 1 fully saturated rings. The lowest BCUT2D eigenvalue weighted by Crippen LogP contribution is -2.38. The normalized spacial score (nSPS) is 21.6. The standard InChI is InChI=1S/C15H17NO4/c1-3-13(17)16-12(11-7-5-4-6-8-11)10-20-14(16)9-15(18)19-2/h3-8,12,14H,1,9-10H2,2H3/t12-,14?/m1/s1. The van der Waals surface area contributed by atoms with Crippen molar-refractivity contribution in [2.45, 2.75) is 18.7 Å². The Bertz CT molecular complexity index is 500. The van der Waals surface area contributed by atoms with E-state index in [1.165, 1.54) is 13.2 Å². The van der Waals surface area contributed by atoms with Gasteiger partial charge in [-0.25, -0.2) is 0 Å². The molecule has 1 unspecified atom stereocenters. The van der Waals surface area contributed by atoms with Crippen LogP contribution in [0.15, 0.2) is 43.0 Å². The van der Waals surface area contributed by atoms with Crippen LogP contribution in [0.25, 0.3) is 0 Å². The monoisotopic (exact) mass is 275 g/mol. The van der Waals surface area contributed by atoms with Gasteiger partial charge in [0.25, 0.3) is 0 Å². The maximum absolute atomic E-state index is 12.1. The van der Waals surface area contributed by atoms with Crippen LogP contribution in [0.2, 0.25) is 0 Å². The fourth-order valence-corrected chi connectivity index (χ4v) is 2.28. The van der Waals surface area contributed by atoms with Crippen molar-refractivity contribution in [2.24, 2.45) is 0 Å². The van der Waals surface area contributed by atoms with Crippen LogP contribution in [0.4, 0.5) is 0 Å². The summed E-state index contributed by atoms with van der Waals surface area (Å²) in [5.41, 5.74) is 0.968. The topological polar surface area (TPSA) is 55.8 Å². The summed E-state index contributed by atoms with van der Waals surface area (Å²) in [6.07, 6.45) is 0.632. The second-order valence-corrected chi connectivity index (χ2v) is 4.44. The summed E-state index contributed by atoms with van der Waals surface area (Å²) in [7, 11) is 1.31. The Morgan fingerprint density at radius 1 is 1.45 bits per heavy atom. The summed E-state index contributed by atoms with van der Waals surface area (Å²) in [6, 6.07) is 9.36. The Morgan fingerprint density at radius 2 is 2.15 bits per heavy atom. The van der Waals surface area contributed by atoms with Crippen molar-refractivity contribution < 1.29 is 19.1 Å². The zero-order valence-corrected chi connectivity index (χ0v) is 11.3. The predicted octanol–water partition coefficient (Wildman–Crippen LogP) is 1.66. The number of benzene rings is 1. The van der Waals surface area contributed by atoms with E-state index in [0.717, 1.165) is 5.56 Å². The fourth-order valence-electron chi connectivity index (χ4n) is 2.28. The molecule has 106 valence electrons. The second-order valence-electron chi connectivity index (χ2n) is 4.44. The Kier molecular flexibility index (Phi) is 4.53. The molecular weight excluding hydrogens is 258 g/mol. The minimum atomic E-state index is -0.613. The van der Waals surface area contributed by atoms with Gasteiger partial charge in [0.05, 0.1) is 26.2 Å². The number of amides is 1. The van der Waals surface area contributed by atoms with Crippen LogP contribution < -0.4 is 0 Å². The first-order chi connectivity index (χ1) is 9.67. The first kappa shape index (κ1) is 14.3. The van der Waals surface area contributed by atoms with Gasteiger partial charge >= 0.3 is 5.97 Å². The Morgan fingerprint density at radius 3 is 2.75 bits per heavy atom. The summed E-state index contributed by atoms with van der Waals surface area (Å²) in [4.78, 5) is 25.0. The molecule has 0 spiro atoms. The third-order valence-corrected chi connectivity index (χ3v) is 3.27. The van der Waals surface area contributed by atoms with Crippen molar-refractivity contribution in [2.75, 3.05) is 13.7 Å². The largest absolute Gasteiger partial charge is 0.469 e. The van der Waals surface area contributed by atoms with Gasteiger partial charge < -0.3 is 14.4 Å². The van der Waals surface area contributed by atoms with Crippen molar-refractivity contribution in [3.8, 4) is 0 Å². The summed E-state index contributed by atoms with van der Waals surface area (Å²) >= 11 is 0. The molecule has 2 atom stereocenters. The van der Waals surface area contributed by atoms with Crippen LogP contribution in [-0.2, 0) is 19.1 Å². The van der Waals surface area contributed by atoms with Crippen LogP contribution in [0.5, 0.6) is 0 Å². The van der Waals surface area contributed by atoms with Gasteiger partial charge in [-0.1, -0.05) is 36.9 Å². The number of ether oxygens (including phenoxy) is 2. The second kappa shape index (κ2) is 6.34. The van der Waals surface area contributed by atoms with E-state index < -0.39 is 12.2 Å². The van der Waals surface area contributed by atoms with Gasteiger partial charge in [-0.15, -0.1) is 0 Å². The first-order valence-corrected chi connectivity index (χ1v) is 6.35. The molecule has 2 rings (SSSR count). The number of rotatable bonds is 4.